The molecule has 0 bridgehead atoms. The molecule has 164 valence electrons. The number of hydrogen-bond acceptors (Lipinski definition) is 5. The van der Waals surface area contributed by atoms with E-state index < -0.39 is 12.0 Å². The van der Waals surface area contributed by atoms with Crippen LogP contribution in [0.2, 0.25) is 10.0 Å². The first-order valence-electron chi connectivity index (χ1n) is 9.51. The molecule has 1 aliphatic heterocycles. The summed E-state index contributed by atoms with van der Waals surface area (Å²) >= 11 is 14.0. The number of ether oxygens (including phenoxy) is 2. The summed E-state index contributed by atoms with van der Waals surface area (Å²) in [6.07, 6.45) is 1.99. The number of halogens is 2. The Labute approximate surface area is 195 Å². The minimum Gasteiger partial charge on any atom is -0.487 e. The van der Waals surface area contributed by atoms with E-state index in [1.54, 1.807) is 43.9 Å². The molecule has 0 saturated carbocycles. The van der Waals surface area contributed by atoms with E-state index >= 15 is 0 Å². The van der Waals surface area contributed by atoms with Crippen molar-refractivity contribution in [1.82, 2.24) is 10.2 Å². The van der Waals surface area contributed by atoms with E-state index in [1.807, 2.05) is 30.5 Å². The third kappa shape index (κ3) is 5.29. The number of esters is 1. The van der Waals surface area contributed by atoms with Gasteiger partial charge in [0.05, 0.1) is 23.9 Å². The fourth-order valence-corrected chi connectivity index (χ4v) is 4.10. The van der Waals surface area contributed by atoms with Crippen LogP contribution < -0.4 is 10.1 Å². The molecule has 1 atom stereocenters. The first-order valence-corrected chi connectivity index (χ1v) is 11.5. The number of nitrogens with one attached hydrogen (secondary N) is 1. The number of carbonyl (C=O) groups excluding carboxylic acids is 2. The van der Waals surface area contributed by atoms with E-state index in [-0.39, 0.29) is 24.8 Å². The summed E-state index contributed by atoms with van der Waals surface area (Å²) in [6, 6.07) is 11.3. The molecule has 31 heavy (non-hydrogen) atoms. The summed E-state index contributed by atoms with van der Waals surface area (Å²) in [6.45, 7) is 1.90. The Morgan fingerprint density at radius 2 is 1.90 bits per heavy atom. The van der Waals surface area contributed by atoms with E-state index in [0.717, 1.165) is 4.90 Å². The fourth-order valence-electron chi connectivity index (χ4n) is 3.17. The van der Waals surface area contributed by atoms with Crippen LogP contribution in [0.1, 0.15) is 18.5 Å². The number of carbonyl (C=O) groups is 2. The molecular weight excluding hydrogens is 459 g/mol. The van der Waals surface area contributed by atoms with Crippen LogP contribution in [0.25, 0.3) is 0 Å². The van der Waals surface area contributed by atoms with Crippen molar-refractivity contribution in [2.75, 3.05) is 26.5 Å². The highest BCUT2D eigenvalue weighted by Crippen LogP contribution is 2.36. The number of hydrogen-bond donors (Lipinski definition) is 1. The summed E-state index contributed by atoms with van der Waals surface area (Å²) in [4.78, 5) is 28.1. The SMILES string of the molecule is CCOC(=O)C1=C(COc2ccc(SC)cc2)N(C)C(=O)N[C@H]1c1ccc(Cl)cc1Cl. The van der Waals surface area contributed by atoms with Gasteiger partial charge in [0.25, 0.3) is 0 Å². The van der Waals surface area contributed by atoms with E-state index in [0.29, 0.717) is 27.1 Å². The number of amides is 2. The van der Waals surface area contributed by atoms with Gasteiger partial charge in [0.1, 0.15) is 12.4 Å². The van der Waals surface area contributed by atoms with E-state index in [2.05, 4.69) is 5.32 Å². The molecule has 2 amide bonds. The summed E-state index contributed by atoms with van der Waals surface area (Å²) in [7, 11) is 1.57. The zero-order chi connectivity index (χ0) is 22.5. The maximum absolute atomic E-state index is 12.9. The lowest BCUT2D eigenvalue weighted by Gasteiger charge is -2.34. The van der Waals surface area contributed by atoms with Crippen LogP contribution in [-0.2, 0) is 9.53 Å². The molecule has 0 fully saturated rings. The standard InChI is InChI=1S/C22H22Cl2N2O4S/c1-4-29-21(27)19-18(12-30-14-6-8-15(31-3)9-7-14)26(2)22(28)25-20(19)16-10-5-13(23)11-17(16)24/h5-11,20H,4,12H2,1-3H3,(H,25,28)/t20-/m0/s1. The minimum atomic E-state index is -0.801. The van der Waals surface area contributed by atoms with Crippen molar-refractivity contribution < 1.29 is 19.1 Å². The number of urea groups is 1. The molecule has 1 aliphatic rings. The molecule has 0 saturated heterocycles. The Morgan fingerprint density at radius 3 is 2.52 bits per heavy atom. The lowest BCUT2D eigenvalue weighted by Crippen LogP contribution is -2.48. The topological polar surface area (TPSA) is 67.9 Å². The molecule has 0 aromatic heterocycles. The van der Waals surface area contributed by atoms with Crippen molar-refractivity contribution in [2.24, 2.45) is 0 Å². The smallest absolute Gasteiger partial charge is 0.338 e. The van der Waals surface area contributed by atoms with Gasteiger partial charge in [-0.1, -0.05) is 29.3 Å². The molecule has 9 heteroatoms. The second-order valence-corrected chi connectivity index (χ2v) is 8.38. The quantitative estimate of drug-likeness (QED) is 0.429. The molecule has 2 aromatic rings. The van der Waals surface area contributed by atoms with Gasteiger partial charge in [-0.2, -0.15) is 0 Å². The first kappa shape index (κ1) is 23.3. The molecule has 0 radical (unpaired) electrons. The van der Waals surface area contributed by atoms with Gasteiger partial charge < -0.3 is 14.8 Å². The minimum absolute atomic E-state index is 0.00160. The highest BCUT2D eigenvalue weighted by Gasteiger charge is 2.38. The van der Waals surface area contributed by atoms with Crippen LogP contribution in [0.3, 0.4) is 0 Å². The molecule has 1 heterocycles. The van der Waals surface area contributed by atoms with Crippen LogP contribution in [-0.4, -0.2) is 43.4 Å². The number of nitrogens with zero attached hydrogens (tertiary/aromatic N) is 1. The number of thioether (sulfide) groups is 1. The van der Waals surface area contributed by atoms with E-state index in [1.165, 1.54) is 4.90 Å². The largest absolute Gasteiger partial charge is 0.487 e. The highest BCUT2D eigenvalue weighted by molar-refractivity contribution is 7.98. The van der Waals surface area contributed by atoms with Gasteiger partial charge in [-0.15, -0.1) is 11.8 Å². The van der Waals surface area contributed by atoms with Gasteiger partial charge >= 0.3 is 12.0 Å². The monoisotopic (exact) mass is 480 g/mol. The molecular formula is C22H22Cl2N2O4S. The highest BCUT2D eigenvalue weighted by atomic mass is 35.5. The van der Waals surface area contributed by atoms with Gasteiger partial charge in [-0.05, 0) is 55.1 Å². The van der Waals surface area contributed by atoms with Gasteiger partial charge in [-0.25, -0.2) is 9.59 Å². The molecule has 0 spiro atoms. The Balaban J connectivity index is 2.02. The predicted octanol–water partition coefficient (Wildman–Crippen LogP) is 5.31. The number of benzene rings is 2. The molecule has 2 aromatic carbocycles. The summed E-state index contributed by atoms with van der Waals surface area (Å²) < 4.78 is 11.2. The van der Waals surface area contributed by atoms with Crippen molar-refractivity contribution in [3.8, 4) is 5.75 Å². The lowest BCUT2D eigenvalue weighted by atomic mass is 9.94. The molecule has 6 nitrogen and oxygen atoms in total. The Hall–Kier alpha value is -2.35. The third-order valence-electron chi connectivity index (χ3n) is 4.78. The van der Waals surface area contributed by atoms with Crippen LogP contribution in [0.5, 0.6) is 5.75 Å². The third-order valence-corrected chi connectivity index (χ3v) is 6.09. The average Bonchev–Trinajstić information content (AvgIpc) is 2.75. The van der Waals surface area contributed by atoms with Gasteiger partial charge in [0.15, 0.2) is 0 Å². The predicted molar refractivity (Wildman–Crippen MR) is 123 cm³/mol. The van der Waals surface area contributed by atoms with Crippen LogP contribution >= 0.6 is 35.0 Å². The Morgan fingerprint density at radius 1 is 1.19 bits per heavy atom. The number of likely N-dealkylation sites (N-methyl/N-ethyl adjacent to an activating group) is 1. The van der Waals surface area contributed by atoms with Crippen molar-refractivity contribution in [3.05, 3.63) is 69.3 Å². The van der Waals surface area contributed by atoms with Gasteiger partial charge in [0, 0.05) is 22.0 Å². The van der Waals surface area contributed by atoms with Crippen molar-refractivity contribution in [2.45, 2.75) is 17.9 Å². The Bertz CT molecular complexity index is 1010. The van der Waals surface area contributed by atoms with Crippen molar-refractivity contribution >= 4 is 47.0 Å². The van der Waals surface area contributed by atoms with Crippen LogP contribution in [0.15, 0.2) is 58.6 Å². The lowest BCUT2D eigenvalue weighted by molar-refractivity contribution is -0.139. The second kappa shape index (κ2) is 10.3. The number of rotatable bonds is 7. The summed E-state index contributed by atoms with van der Waals surface area (Å²) in [5.74, 6) is 0.0654. The zero-order valence-corrected chi connectivity index (χ0v) is 19.6. The molecule has 0 unspecified atom stereocenters. The van der Waals surface area contributed by atoms with Gasteiger partial charge in [0.2, 0.25) is 0 Å². The van der Waals surface area contributed by atoms with Crippen LogP contribution in [0.4, 0.5) is 4.79 Å². The Kier molecular flexibility index (Phi) is 7.75. The van der Waals surface area contributed by atoms with E-state index in [9.17, 15) is 9.59 Å². The normalized spacial score (nSPS) is 16.2. The second-order valence-electron chi connectivity index (χ2n) is 6.65. The summed E-state index contributed by atoms with van der Waals surface area (Å²) in [5.41, 5.74) is 1.19. The van der Waals surface area contributed by atoms with Crippen molar-refractivity contribution in [3.63, 3.8) is 0 Å². The zero-order valence-electron chi connectivity index (χ0n) is 17.3. The molecule has 1 N–H and O–H groups in total. The summed E-state index contributed by atoms with van der Waals surface area (Å²) in [5, 5.41) is 3.60. The van der Waals surface area contributed by atoms with Gasteiger partial charge in [-0.3, -0.25) is 4.90 Å². The van der Waals surface area contributed by atoms with E-state index in [4.69, 9.17) is 32.7 Å². The average molecular weight is 481 g/mol. The maximum atomic E-state index is 12.9. The molecule has 0 aliphatic carbocycles. The fraction of sp³-hybridized carbons (Fsp3) is 0.273. The first-order chi connectivity index (χ1) is 14.8. The van der Waals surface area contributed by atoms with Crippen molar-refractivity contribution in [1.29, 1.82) is 0 Å². The van der Waals surface area contributed by atoms with Crippen LogP contribution in [0, 0.1) is 0 Å². The molecule has 3 rings (SSSR count). The maximum Gasteiger partial charge on any atom is 0.338 e.